The summed E-state index contributed by atoms with van der Waals surface area (Å²) in [5.41, 5.74) is 5.82. The van der Waals surface area contributed by atoms with Gasteiger partial charge in [-0.15, -0.1) is 0 Å². The molecule has 4 aliphatic heterocycles. The summed E-state index contributed by atoms with van der Waals surface area (Å²) >= 11 is 0. The van der Waals surface area contributed by atoms with Crippen LogP contribution in [-0.2, 0) is 58.9 Å². The summed E-state index contributed by atoms with van der Waals surface area (Å²) < 4.78 is 52.7. The van der Waals surface area contributed by atoms with E-state index < -0.39 is 73.3 Å². The van der Waals surface area contributed by atoms with Crippen molar-refractivity contribution in [2.75, 3.05) is 0 Å². The molecule has 12 rings (SSSR count). The Bertz CT molecular complexity index is 2200. The van der Waals surface area contributed by atoms with Gasteiger partial charge < -0.3 is 37.2 Å². The van der Waals surface area contributed by atoms with Crippen molar-refractivity contribution in [3.05, 3.63) is 119 Å². The third-order valence-electron chi connectivity index (χ3n) is 20.3. The average Bonchev–Trinajstić information content (AvgIpc) is 3.83. The molecule has 0 spiro atoms. The van der Waals surface area contributed by atoms with E-state index in [2.05, 4.69) is 208 Å². The van der Waals surface area contributed by atoms with E-state index in [1.807, 2.05) is 0 Å². The van der Waals surface area contributed by atoms with Gasteiger partial charge in [-0.25, -0.2) is 0 Å². The van der Waals surface area contributed by atoms with Gasteiger partial charge in [-0.2, -0.15) is 0 Å². The maximum absolute atomic E-state index is 6.59. The fraction of sp³-hybridized carbons (Fsp3) is 0.586. The van der Waals surface area contributed by atoms with E-state index in [-0.39, 0.29) is 21.7 Å². The first-order valence-electron chi connectivity index (χ1n) is 26.2. The van der Waals surface area contributed by atoms with Gasteiger partial charge in [-0.3, -0.25) is 0 Å². The van der Waals surface area contributed by atoms with Crippen LogP contribution in [0.4, 0.5) is 0 Å². The Labute approximate surface area is 420 Å². The zero-order valence-electron chi connectivity index (χ0n) is 45.1. The second kappa shape index (κ2) is 15.2. The lowest BCUT2D eigenvalue weighted by atomic mass is 9.32. The minimum absolute atomic E-state index is 0.150. The summed E-state index contributed by atoms with van der Waals surface area (Å²) in [5.74, 6) is 0. The minimum atomic E-state index is -0.424. The van der Waals surface area contributed by atoms with Gasteiger partial charge in [-0.05, 0) is 215 Å². The Morgan fingerprint density at radius 3 is 0.486 bits per heavy atom. The number of benzene rings is 4. The molecule has 12 heteroatoms. The first-order valence-corrected chi connectivity index (χ1v) is 26.2. The predicted molar refractivity (Wildman–Crippen MR) is 283 cm³/mol. The maximum Gasteiger partial charge on any atom is 0.494 e. The van der Waals surface area contributed by atoms with Crippen LogP contribution in [0.3, 0.4) is 0 Å². The lowest BCUT2D eigenvalue weighted by Gasteiger charge is -2.71. The predicted octanol–water partition coefficient (Wildman–Crippen LogP) is 9.32. The fourth-order valence-corrected chi connectivity index (χ4v) is 13.8. The van der Waals surface area contributed by atoms with Gasteiger partial charge in [0.2, 0.25) is 0 Å². The molecule has 0 aromatic heterocycles. The molecule has 0 amide bonds. The topological polar surface area (TPSA) is 73.8 Å². The molecule has 4 aliphatic carbocycles. The number of hydrogen-bond donors (Lipinski definition) is 0. The zero-order chi connectivity index (χ0) is 50.1. The first-order chi connectivity index (χ1) is 32.4. The van der Waals surface area contributed by atoms with E-state index in [0.29, 0.717) is 0 Å². The average molecular weight is 944 g/mol. The highest BCUT2D eigenvalue weighted by Gasteiger charge is 2.70. The van der Waals surface area contributed by atoms with Gasteiger partial charge in [0, 0.05) is 0 Å². The molecule has 4 heterocycles. The number of rotatable bonds is 8. The number of hydrogen-bond acceptors (Lipinski definition) is 8. The summed E-state index contributed by atoms with van der Waals surface area (Å²) in [6, 6.07) is 37.5. The standard InChI is InChI=1S/C58H76B4O8/c1-47(2)48(3,4)64-59(63-47)43-25-17-39(18-26-43)55-33-56(40-19-27-44(28-20-40)60-65-49(5,6)50(7,8)66-60)36-57(34-55,41-21-29-45(30-22-41)61-67-51(9,10)52(11,12)68-61)38-58(35-55,37-56)42-23-31-46(32-24-42)62-69-53(13,14)54(15,16)70-62/h17-32H,33-38H2,1-16H3. The smallest absolute Gasteiger partial charge is 0.399 e. The molecule has 0 radical (unpaired) electrons. The fourth-order valence-electron chi connectivity index (χ4n) is 13.8. The lowest BCUT2D eigenvalue weighted by Crippen LogP contribution is -2.67. The van der Waals surface area contributed by atoms with E-state index in [9.17, 15) is 0 Å². The van der Waals surface area contributed by atoms with Gasteiger partial charge in [0.15, 0.2) is 0 Å². The van der Waals surface area contributed by atoms with Crippen molar-refractivity contribution in [3.8, 4) is 0 Å². The highest BCUT2D eigenvalue weighted by molar-refractivity contribution is 6.63. The highest BCUT2D eigenvalue weighted by atomic mass is 16.7. The molecule has 4 saturated heterocycles. The van der Waals surface area contributed by atoms with Gasteiger partial charge in [0.05, 0.1) is 44.8 Å². The van der Waals surface area contributed by atoms with Gasteiger partial charge in [0.25, 0.3) is 0 Å². The molecule has 4 bridgehead atoms. The second-order valence-electron chi connectivity index (χ2n) is 27.0. The van der Waals surface area contributed by atoms with Crippen molar-refractivity contribution in [2.24, 2.45) is 0 Å². The Balaban J connectivity index is 1.04. The van der Waals surface area contributed by atoms with Gasteiger partial charge in [0.1, 0.15) is 0 Å². The van der Waals surface area contributed by atoms with E-state index in [1.165, 1.54) is 22.3 Å². The molecular formula is C58H76B4O8. The van der Waals surface area contributed by atoms with Crippen LogP contribution in [0.5, 0.6) is 0 Å². The summed E-state index contributed by atoms with van der Waals surface area (Å²) in [6.45, 7) is 34.0. The molecular weight excluding hydrogens is 868 g/mol. The largest absolute Gasteiger partial charge is 0.494 e. The van der Waals surface area contributed by atoms with Gasteiger partial charge in [-0.1, -0.05) is 97.1 Å². The molecule has 0 atom stereocenters. The normalized spacial score (nSPS) is 33.4. The maximum atomic E-state index is 6.59. The molecule has 0 unspecified atom stereocenters. The van der Waals surface area contributed by atoms with Crippen LogP contribution in [0, 0.1) is 0 Å². The van der Waals surface area contributed by atoms with Crippen molar-refractivity contribution >= 4 is 50.3 Å². The van der Waals surface area contributed by atoms with Gasteiger partial charge >= 0.3 is 28.5 Å². The lowest BCUT2D eigenvalue weighted by molar-refractivity contribution is -0.0691. The SMILES string of the molecule is CC1(C)OB(c2ccc(C34CC5(c6ccc(B7OC(C)(C)C(C)(C)O7)cc6)CC(c6ccc(B7OC(C)(C)C(C)(C)O7)cc6)(C3)CC(c3ccc(B6OC(C)(C)C(C)(C)O6)cc3)(C4)C5)cc2)OC1(C)C. The highest BCUT2D eigenvalue weighted by Crippen LogP contribution is 2.74. The molecule has 0 N–H and O–H groups in total. The van der Waals surface area contributed by atoms with Crippen molar-refractivity contribution in [1.29, 1.82) is 0 Å². The summed E-state index contributed by atoms with van der Waals surface area (Å²) in [7, 11) is -1.70. The quantitative estimate of drug-likeness (QED) is 0.162. The molecule has 8 aliphatic rings. The Hall–Kier alpha value is -3.18. The first kappa shape index (κ1) is 49.1. The Morgan fingerprint density at radius 1 is 0.229 bits per heavy atom. The van der Waals surface area contributed by atoms with Crippen LogP contribution in [0.25, 0.3) is 0 Å². The van der Waals surface area contributed by atoms with Crippen molar-refractivity contribution in [2.45, 2.75) is 216 Å². The van der Waals surface area contributed by atoms with Crippen LogP contribution in [-0.4, -0.2) is 73.3 Å². The van der Waals surface area contributed by atoms with Crippen LogP contribution >= 0.6 is 0 Å². The van der Waals surface area contributed by atoms with Crippen molar-refractivity contribution in [3.63, 3.8) is 0 Å². The molecule has 8 nitrogen and oxygen atoms in total. The summed E-state index contributed by atoms with van der Waals surface area (Å²) in [5, 5.41) is 0. The summed E-state index contributed by atoms with van der Waals surface area (Å²) in [6.07, 6.45) is 6.29. The van der Waals surface area contributed by atoms with Crippen molar-refractivity contribution in [1.82, 2.24) is 0 Å². The third kappa shape index (κ3) is 7.40. The van der Waals surface area contributed by atoms with E-state index in [4.69, 9.17) is 37.2 Å². The Kier molecular flexibility index (Phi) is 10.7. The zero-order valence-corrected chi connectivity index (χ0v) is 45.1. The molecule has 4 aromatic carbocycles. The van der Waals surface area contributed by atoms with Crippen LogP contribution in [0.1, 0.15) is 172 Å². The van der Waals surface area contributed by atoms with E-state index >= 15 is 0 Å². The van der Waals surface area contributed by atoms with E-state index in [1.54, 1.807) is 0 Å². The van der Waals surface area contributed by atoms with Crippen LogP contribution in [0.15, 0.2) is 97.1 Å². The Morgan fingerprint density at radius 2 is 0.357 bits per heavy atom. The second-order valence-corrected chi connectivity index (χ2v) is 27.0. The van der Waals surface area contributed by atoms with Crippen molar-refractivity contribution < 1.29 is 37.2 Å². The monoisotopic (exact) mass is 945 g/mol. The van der Waals surface area contributed by atoms with E-state index in [0.717, 1.165) is 60.4 Å². The van der Waals surface area contributed by atoms with Crippen LogP contribution in [0.2, 0.25) is 0 Å². The van der Waals surface area contributed by atoms with Crippen LogP contribution < -0.4 is 21.9 Å². The molecule has 368 valence electrons. The third-order valence-corrected chi connectivity index (χ3v) is 20.3. The molecule has 4 aromatic rings. The molecule has 8 fully saturated rings. The molecule has 70 heavy (non-hydrogen) atoms. The summed E-state index contributed by atoms with van der Waals surface area (Å²) in [4.78, 5) is 0. The minimum Gasteiger partial charge on any atom is -0.399 e. The molecule has 4 saturated carbocycles.